The van der Waals surface area contributed by atoms with Gasteiger partial charge in [0.25, 0.3) is 0 Å². The number of rotatable bonds is 6. The van der Waals surface area contributed by atoms with E-state index in [9.17, 15) is 0 Å². The number of nitrogens with zero attached hydrogens (tertiary/aromatic N) is 3. The van der Waals surface area contributed by atoms with Gasteiger partial charge >= 0.3 is 6.01 Å². The molecule has 0 atom stereocenters. The number of methoxy groups -OCH3 is 2. The van der Waals surface area contributed by atoms with Crippen LogP contribution in [0.3, 0.4) is 0 Å². The summed E-state index contributed by atoms with van der Waals surface area (Å²) >= 11 is 0. The number of aromatic amines is 1. The van der Waals surface area contributed by atoms with E-state index in [1.165, 1.54) is 0 Å². The molecule has 0 amide bonds. The van der Waals surface area contributed by atoms with Crippen LogP contribution in [0, 0.1) is 0 Å². The van der Waals surface area contributed by atoms with E-state index in [1.54, 1.807) is 20.4 Å². The van der Waals surface area contributed by atoms with Crippen LogP contribution < -0.4 is 14.2 Å². The van der Waals surface area contributed by atoms with Gasteiger partial charge in [0.1, 0.15) is 29.4 Å². The van der Waals surface area contributed by atoms with Crippen molar-refractivity contribution in [3.05, 3.63) is 60.3 Å². The first-order valence-electron chi connectivity index (χ1n) is 8.38. The van der Waals surface area contributed by atoms with E-state index in [0.29, 0.717) is 41.1 Å². The zero-order chi connectivity index (χ0) is 18.6. The maximum atomic E-state index is 5.68. The number of hydrogen-bond donors (Lipinski definition) is 1. The fourth-order valence-electron chi connectivity index (χ4n) is 2.71. The molecule has 2 aromatic heterocycles. The Balaban J connectivity index is 1.61. The van der Waals surface area contributed by atoms with Crippen LogP contribution in [0.4, 0.5) is 0 Å². The summed E-state index contributed by atoms with van der Waals surface area (Å²) in [6.45, 7) is 0.402. The molecular weight excluding hydrogens is 344 g/mol. The predicted molar refractivity (Wildman–Crippen MR) is 101 cm³/mol. The van der Waals surface area contributed by atoms with E-state index < -0.39 is 0 Å². The number of benzene rings is 2. The van der Waals surface area contributed by atoms with Crippen LogP contribution in [0.25, 0.3) is 22.6 Å². The number of imidazole rings is 1. The van der Waals surface area contributed by atoms with Gasteiger partial charge in [0.05, 0.1) is 26.0 Å². The Kier molecular flexibility index (Phi) is 4.57. The number of H-pyrrole nitrogens is 1. The predicted octanol–water partition coefficient (Wildman–Crippen LogP) is 3.62. The van der Waals surface area contributed by atoms with Gasteiger partial charge in [-0.25, -0.2) is 9.97 Å². The summed E-state index contributed by atoms with van der Waals surface area (Å²) in [6, 6.07) is 15.7. The minimum Gasteiger partial charge on any atom is -0.497 e. The quantitative estimate of drug-likeness (QED) is 0.564. The Morgan fingerprint density at radius 3 is 2.59 bits per heavy atom. The molecule has 1 N–H and O–H groups in total. The number of ether oxygens (including phenoxy) is 3. The zero-order valence-electron chi connectivity index (χ0n) is 15.0. The van der Waals surface area contributed by atoms with Crippen LogP contribution in [-0.2, 0) is 6.61 Å². The first-order valence-corrected chi connectivity index (χ1v) is 8.38. The summed E-state index contributed by atoms with van der Waals surface area (Å²) in [5.74, 6) is 2.00. The van der Waals surface area contributed by atoms with Crippen molar-refractivity contribution >= 4 is 11.2 Å². The zero-order valence-corrected chi connectivity index (χ0v) is 15.0. The van der Waals surface area contributed by atoms with Gasteiger partial charge < -0.3 is 19.2 Å². The molecule has 4 rings (SSSR count). The lowest BCUT2D eigenvalue weighted by Crippen LogP contribution is -1.99. The minimum absolute atomic E-state index is 0.295. The van der Waals surface area contributed by atoms with Crippen LogP contribution in [0.5, 0.6) is 17.5 Å². The second-order valence-electron chi connectivity index (χ2n) is 5.81. The van der Waals surface area contributed by atoms with Gasteiger partial charge in [-0.05, 0) is 17.7 Å². The fraction of sp³-hybridized carbons (Fsp3) is 0.150. The third kappa shape index (κ3) is 3.52. The second-order valence-corrected chi connectivity index (χ2v) is 5.81. The standard InChI is InChI=1S/C20H18N4O3/c1-25-14-8-9-15(17(10-14)26-2)18-22-16-11-21-20(24-19(16)23-18)27-12-13-6-4-3-5-7-13/h3-11H,12H2,1-2H3,(H,21,22,23,24). The number of aromatic nitrogens is 4. The Labute approximate surface area is 156 Å². The van der Waals surface area contributed by atoms with E-state index >= 15 is 0 Å². The summed E-state index contributed by atoms with van der Waals surface area (Å²) in [5.41, 5.74) is 3.10. The molecule has 0 radical (unpaired) electrons. The lowest BCUT2D eigenvalue weighted by atomic mass is 10.2. The van der Waals surface area contributed by atoms with Gasteiger partial charge in [0, 0.05) is 6.07 Å². The summed E-state index contributed by atoms with van der Waals surface area (Å²) in [6.07, 6.45) is 1.64. The van der Waals surface area contributed by atoms with Crippen molar-refractivity contribution in [2.45, 2.75) is 6.61 Å². The van der Waals surface area contributed by atoms with Crippen molar-refractivity contribution < 1.29 is 14.2 Å². The molecule has 0 saturated heterocycles. The van der Waals surface area contributed by atoms with Crippen molar-refractivity contribution in [3.8, 4) is 28.9 Å². The van der Waals surface area contributed by atoms with Crippen LogP contribution in [0.15, 0.2) is 54.7 Å². The Morgan fingerprint density at radius 2 is 1.81 bits per heavy atom. The van der Waals surface area contributed by atoms with Crippen molar-refractivity contribution in [1.29, 1.82) is 0 Å². The Bertz CT molecular complexity index is 1060. The van der Waals surface area contributed by atoms with Crippen molar-refractivity contribution in [2.24, 2.45) is 0 Å². The smallest absolute Gasteiger partial charge is 0.318 e. The topological polar surface area (TPSA) is 82.2 Å². The monoisotopic (exact) mass is 362 g/mol. The Hall–Kier alpha value is -3.61. The largest absolute Gasteiger partial charge is 0.497 e. The van der Waals surface area contributed by atoms with Gasteiger partial charge in [0.15, 0.2) is 5.65 Å². The molecular formula is C20H18N4O3. The number of fused-ring (bicyclic) bond motifs is 1. The molecule has 2 aromatic carbocycles. The lowest BCUT2D eigenvalue weighted by molar-refractivity contribution is 0.282. The highest BCUT2D eigenvalue weighted by molar-refractivity contribution is 5.77. The molecule has 0 aliphatic heterocycles. The summed E-state index contributed by atoms with van der Waals surface area (Å²) in [5, 5.41) is 0. The second kappa shape index (κ2) is 7.33. The van der Waals surface area contributed by atoms with Gasteiger partial charge in [-0.2, -0.15) is 4.98 Å². The van der Waals surface area contributed by atoms with Crippen molar-refractivity contribution in [3.63, 3.8) is 0 Å². The molecule has 0 aliphatic carbocycles. The van der Waals surface area contributed by atoms with Crippen LogP contribution in [0.2, 0.25) is 0 Å². The van der Waals surface area contributed by atoms with Crippen LogP contribution in [-0.4, -0.2) is 34.2 Å². The molecule has 2 heterocycles. The molecule has 0 aliphatic rings. The minimum atomic E-state index is 0.295. The molecule has 0 unspecified atom stereocenters. The van der Waals surface area contributed by atoms with E-state index in [2.05, 4.69) is 19.9 Å². The van der Waals surface area contributed by atoms with Crippen molar-refractivity contribution in [1.82, 2.24) is 19.9 Å². The van der Waals surface area contributed by atoms with Gasteiger partial charge in [-0.15, -0.1) is 0 Å². The third-order valence-corrected chi connectivity index (χ3v) is 4.09. The maximum Gasteiger partial charge on any atom is 0.318 e. The molecule has 4 aromatic rings. The number of nitrogens with one attached hydrogen (secondary N) is 1. The highest BCUT2D eigenvalue weighted by Crippen LogP contribution is 2.32. The van der Waals surface area contributed by atoms with E-state index in [1.807, 2.05) is 48.5 Å². The van der Waals surface area contributed by atoms with Gasteiger partial charge in [-0.3, -0.25) is 0 Å². The number of hydrogen-bond acceptors (Lipinski definition) is 6. The molecule has 0 fully saturated rings. The molecule has 7 heteroatoms. The molecule has 0 bridgehead atoms. The van der Waals surface area contributed by atoms with Gasteiger partial charge in [-0.1, -0.05) is 30.3 Å². The molecule has 0 saturated carbocycles. The first-order chi connectivity index (χ1) is 13.3. The van der Waals surface area contributed by atoms with E-state index in [0.717, 1.165) is 11.1 Å². The average Bonchev–Trinajstić information content (AvgIpc) is 3.15. The average molecular weight is 362 g/mol. The lowest BCUT2D eigenvalue weighted by Gasteiger charge is -2.08. The summed E-state index contributed by atoms with van der Waals surface area (Å²) in [7, 11) is 3.22. The summed E-state index contributed by atoms with van der Waals surface area (Å²) in [4.78, 5) is 16.4. The SMILES string of the molecule is COc1ccc(-c2nc3cnc(OCc4ccccc4)nc3[nH]2)c(OC)c1. The van der Waals surface area contributed by atoms with E-state index in [4.69, 9.17) is 14.2 Å². The normalized spacial score (nSPS) is 10.7. The highest BCUT2D eigenvalue weighted by atomic mass is 16.5. The van der Waals surface area contributed by atoms with Crippen LogP contribution in [0.1, 0.15) is 5.56 Å². The van der Waals surface area contributed by atoms with Gasteiger partial charge in [0.2, 0.25) is 0 Å². The third-order valence-electron chi connectivity index (χ3n) is 4.09. The first kappa shape index (κ1) is 16.8. The molecule has 27 heavy (non-hydrogen) atoms. The molecule has 0 spiro atoms. The molecule has 7 nitrogen and oxygen atoms in total. The summed E-state index contributed by atoms with van der Waals surface area (Å²) < 4.78 is 16.4. The van der Waals surface area contributed by atoms with Crippen LogP contribution >= 0.6 is 0 Å². The molecule has 136 valence electrons. The van der Waals surface area contributed by atoms with Crippen molar-refractivity contribution in [2.75, 3.05) is 14.2 Å². The van der Waals surface area contributed by atoms with E-state index in [-0.39, 0.29) is 0 Å². The maximum absolute atomic E-state index is 5.68. The fourth-order valence-corrected chi connectivity index (χ4v) is 2.71. The Morgan fingerprint density at radius 1 is 0.963 bits per heavy atom. The highest BCUT2D eigenvalue weighted by Gasteiger charge is 2.13.